The molecule has 0 aliphatic heterocycles. The van der Waals surface area contributed by atoms with Gasteiger partial charge >= 0.3 is 11.9 Å². The van der Waals surface area contributed by atoms with Gasteiger partial charge < -0.3 is 20.9 Å². The van der Waals surface area contributed by atoms with Crippen LogP contribution in [0.15, 0.2) is 24.3 Å². The van der Waals surface area contributed by atoms with E-state index in [1.807, 2.05) is 0 Å². The van der Waals surface area contributed by atoms with Gasteiger partial charge in [0.15, 0.2) is 0 Å². The number of carbonyl (C=O) groups is 2. The number of aromatic nitrogens is 1. The van der Waals surface area contributed by atoms with E-state index >= 15 is 0 Å². The number of H-pyrrole nitrogens is 1. The number of hydrogen-bond acceptors (Lipinski definition) is 3. The van der Waals surface area contributed by atoms with E-state index in [-0.39, 0.29) is 5.69 Å². The van der Waals surface area contributed by atoms with Crippen LogP contribution in [0.2, 0.25) is 0 Å². The van der Waals surface area contributed by atoms with Gasteiger partial charge in [-0.25, -0.2) is 9.59 Å². The van der Waals surface area contributed by atoms with Crippen molar-refractivity contribution in [1.29, 1.82) is 0 Å². The van der Waals surface area contributed by atoms with Crippen LogP contribution in [0.3, 0.4) is 0 Å². The van der Waals surface area contributed by atoms with Crippen molar-refractivity contribution in [3.63, 3.8) is 0 Å². The van der Waals surface area contributed by atoms with Gasteiger partial charge in [0.2, 0.25) is 0 Å². The molecule has 1 aromatic heterocycles. The molecule has 0 atom stereocenters. The molecule has 0 saturated carbocycles. The summed E-state index contributed by atoms with van der Waals surface area (Å²) in [4.78, 5) is 24.6. The SMILES string of the molecule is NCCc1c(C(=O)O)[nH]c2ccc(/C=C/C(=O)O)cc12. The number of carboxylic acids is 2. The van der Waals surface area contributed by atoms with Gasteiger partial charge in [0, 0.05) is 17.0 Å². The zero-order chi connectivity index (χ0) is 14.7. The molecule has 0 unspecified atom stereocenters. The van der Waals surface area contributed by atoms with Crippen LogP contribution in [0.1, 0.15) is 21.6 Å². The highest BCUT2D eigenvalue weighted by Gasteiger charge is 2.16. The lowest BCUT2D eigenvalue weighted by Gasteiger charge is -2.00. The topological polar surface area (TPSA) is 116 Å². The number of carboxylic acid groups (broad SMARTS) is 2. The van der Waals surface area contributed by atoms with Crippen molar-refractivity contribution in [2.45, 2.75) is 6.42 Å². The largest absolute Gasteiger partial charge is 0.478 e. The van der Waals surface area contributed by atoms with E-state index < -0.39 is 11.9 Å². The van der Waals surface area contributed by atoms with Crippen molar-refractivity contribution in [3.8, 4) is 0 Å². The quantitative estimate of drug-likeness (QED) is 0.616. The third-order valence-corrected chi connectivity index (χ3v) is 2.96. The highest BCUT2D eigenvalue weighted by atomic mass is 16.4. The van der Waals surface area contributed by atoms with E-state index in [9.17, 15) is 14.7 Å². The lowest BCUT2D eigenvalue weighted by molar-refractivity contribution is -0.131. The Balaban J connectivity index is 2.57. The molecule has 1 aromatic carbocycles. The van der Waals surface area contributed by atoms with Crippen molar-refractivity contribution in [2.75, 3.05) is 6.54 Å². The molecule has 0 spiro atoms. The average molecular weight is 274 g/mol. The van der Waals surface area contributed by atoms with Gasteiger partial charge in [0.05, 0.1) is 0 Å². The summed E-state index contributed by atoms with van der Waals surface area (Å²) in [6.45, 7) is 0.336. The van der Waals surface area contributed by atoms with Gasteiger partial charge in [-0.15, -0.1) is 0 Å². The maximum atomic E-state index is 11.2. The Labute approximate surface area is 114 Å². The number of aromatic carboxylic acids is 1. The Morgan fingerprint density at radius 3 is 2.65 bits per heavy atom. The number of aromatic amines is 1. The Morgan fingerprint density at radius 1 is 1.30 bits per heavy atom. The fraction of sp³-hybridized carbons (Fsp3) is 0.143. The molecule has 104 valence electrons. The summed E-state index contributed by atoms with van der Waals surface area (Å²) in [6, 6.07) is 5.20. The molecule has 0 radical (unpaired) electrons. The number of nitrogens with two attached hydrogens (primary N) is 1. The van der Waals surface area contributed by atoms with Gasteiger partial charge in [-0.1, -0.05) is 6.07 Å². The molecule has 0 bridgehead atoms. The van der Waals surface area contributed by atoms with Gasteiger partial charge in [0.25, 0.3) is 0 Å². The maximum absolute atomic E-state index is 11.2. The fourth-order valence-corrected chi connectivity index (χ4v) is 2.12. The monoisotopic (exact) mass is 274 g/mol. The summed E-state index contributed by atoms with van der Waals surface area (Å²) in [6.07, 6.45) is 2.93. The van der Waals surface area contributed by atoms with Gasteiger partial charge in [-0.05, 0) is 42.3 Å². The van der Waals surface area contributed by atoms with Crippen LogP contribution < -0.4 is 5.73 Å². The van der Waals surface area contributed by atoms with E-state index in [0.29, 0.717) is 29.6 Å². The Kier molecular flexibility index (Phi) is 3.86. The first-order chi connectivity index (χ1) is 9.52. The highest BCUT2D eigenvalue weighted by Crippen LogP contribution is 2.24. The van der Waals surface area contributed by atoms with Crippen LogP contribution in [-0.4, -0.2) is 33.7 Å². The zero-order valence-electron chi connectivity index (χ0n) is 10.6. The Morgan fingerprint density at radius 2 is 2.05 bits per heavy atom. The zero-order valence-corrected chi connectivity index (χ0v) is 10.6. The molecule has 0 amide bonds. The third kappa shape index (κ3) is 2.70. The predicted octanol–water partition coefficient (Wildman–Crippen LogP) is 1.47. The van der Waals surface area contributed by atoms with Crippen LogP contribution in [0.25, 0.3) is 17.0 Å². The number of fused-ring (bicyclic) bond motifs is 1. The summed E-state index contributed by atoms with van der Waals surface area (Å²) in [5.74, 6) is -2.07. The van der Waals surface area contributed by atoms with Crippen molar-refractivity contribution < 1.29 is 19.8 Å². The first kappa shape index (κ1) is 13.8. The molecule has 6 heteroatoms. The van der Waals surface area contributed by atoms with E-state index in [4.69, 9.17) is 10.8 Å². The minimum absolute atomic E-state index is 0.129. The number of benzene rings is 1. The Hall–Kier alpha value is -2.60. The summed E-state index contributed by atoms with van der Waals surface area (Å²) in [5.41, 5.74) is 7.67. The molecule has 6 nitrogen and oxygen atoms in total. The van der Waals surface area contributed by atoms with E-state index in [1.54, 1.807) is 18.2 Å². The second-order valence-electron chi connectivity index (χ2n) is 4.30. The third-order valence-electron chi connectivity index (χ3n) is 2.96. The van der Waals surface area contributed by atoms with E-state index in [0.717, 1.165) is 11.5 Å². The molecule has 0 aliphatic rings. The standard InChI is InChI=1S/C14H14N2O4/c15-6-5-9-10-7-8(2-4-12(17)18)1-3-11(10)16-13(9)14(19)20/h1-4,7,16H,5-6,15H2,(H,17,18)(H,19,20)/b4-2+. The summed E-state index contributed by atoms with van der Waals surface area (Å²) in [7, 11) is 0. The van der Waals surface area contributed by atoms with Crippen molar-refractivity contribution in [1.82, 2.24) is 4.98 Å². The van der Waals surface area contributed by atoms with Crippen LogP contribution in [-0.2, 0) is 11.2 Å². The van der Waals surface area contributed by atoms with Crippen molar-refractivity contribution in [3.05, 3.63) is 41.1 Å². The predicted molar refractivity (Wildman–Crippen MR) is 74.7 cm³/mol. The lowest BCUT2D eigenvalue weighted by Crippen LogP contribution is -2.07. The van der Waals surface area contributed by atoms with Crippen LogP contribution >= 0.6 is 0 Å². The van der Waals surface area contributed by atoms with Crippen LogP contribution in [0, 0.1) is 0 Å². The van der Waals surface area contributed by atoms with Crippen LogP contribution in [0.4, 0.5) is 0 Å². The normalized spacial score (nSPS) is 11.2. The summed E-state index contributed by atoms with van der Waals surface area (Å²) in [5, 5.41) is 18.5. The van der Waals surface area contributed by atoms with Gasteiger partial charge in [-0.3, -0.25) is 0 Å². The smallest absolute Gasteiger partial charge is 0.352 e. The average Bonchev–Trinajstić information content (AvgIpc) is 2.75. The molecule has 20 heavy (non-hydrogen) atoms. The molecule has 1 heterocycles. The van der Waals surface area contributed by atoms with Gasteiger partial charge in [0.1, 0.15) is 5.69 Å². The molecule has 0 aliphatic carbocycles. The summed E-state index contributed by atoms with van der Waals surface area (Å²) >= 11 is 0. The second-order valence-corrected chi connectivity index (χ2v) is 4.30. The Bertz CT molecular complexity index is 701. The fourth-order valence-electron chi connectivity index (χ4n) is 2.12. The van der Waals surface area contributed by atoms with Gasteiger partial charge in [-0.2, -0.15) is 0 Å². The molecular weight excluding hydrogens is 260 g/mol. The number of nitrogens with one attached hydrogen (secondary N) is 1. The molecular formula is C14H14N2O4. The molecule has 2 aromatic rings. The molecule has 2 rings (SSSR count). The van der Waals surface area contributed by atoms with Crippen molar-refractivity contribution >= 4 is 28.9 Å². The van der Waals surface area contributed by atoms with Crippen molar-refractivity contribution in [2.24, 2.45) is 5.73 Å². The first-order valence-electron chi connectivity index (χ1n) is 6.02. The number of hydrogen-bond donors (Lipinski definition) is 4. The minimum Gasteiger partial charge on any atom is -0.478 e. The van der Waals surface area contributed by atoms with E-state index in [2.05, 4.69) is 4.98 Å². The molecule has 0 saturated heterocycles. The lowest BCUT2D eigenvalue weighted by atomic mass is 10.0. The summed E-state index contributed by atoms with van der Waals surface area (Å²) < 4.78 is 0. The minimum atomic E-state index is -1.03. The highest BCUT2D eigenvalue weighted by molar-refractivity contribution is 5.98. The second kappa shape index (κ2) is 5.58. The van der Waals surface area contributed by atoms with Crippen LogP contribution in [0.5, 0.6) is 0 Å². The van der Waals surface area contributed by atoms with E-state index in [1.165, 1.54) is 6.08 Å². The first-order valence-corrected chi connectivity index (χ1v) is 6.02. The maximum Gasteiger partial charge on any atom is 0.352 e. The molecule has 0 fully saturated rings. The molecule has 5 N–H and O–H groups in total. The number of rotatable bonds is 5. The number of aliphatic carboxylic acids is 1.